The zero-order valence-corrected chi connectivity index (χ0v) is 16.6. The molecule has 0 bridgehead atoms. The second-order valence-electron chi connectivity index (χ2n) is 8.20. The third-order valence-corrected chi connectivity index (χ3v) is 4.63. The summed E-state index contributed by atoms with van der Waals surface area (Å²) >= 11 is 0. The average Bonchev–Trinajstić information content (AvgIpc) is 2.51. The monoisotopic (exact) mass is 335 g/mol. The minimum Gasteiger partial charge on any atom is -0.339 e. The van der Waals surface area contributed by atoms with Crippen LogP contribution in [0.4, 0.5) is 5.69 Å². The Kier molecular flexibility index (Phi) is 7.91. The summed E-state index contributed by atoms with van der Waals surface area (Å²) < 4.78 is 0. The minimum atomic E-state index is -0.0873. The van der Waals surface area contributed by atoms with E-state index in [1.807, 2.05) is 19.1 Å². The summed E-state index contributed by atoms with van der Waals surface area (Å²) in [6, 6.07) is 8.15. The Morgan fingerprint density at radius 2 is 1.79 bits per heavy atom. The molecule has 4 N–H and O–H groups in total. The smallest absolute Gasteiger partial charge is 0.282 e. The first-order valence-corrected chi connectivity index (χ1v) is 9.18. The number of hydrogen-bond donors (Lipinski definition) is 3. The van der Waals surface area contributed by atoms with E-state index in [0.29, 0.717) is 5.92 Å². The SMILES string of the molecule is CC[C@@H](C)c1ccc(NC(=O)[C@H](C)[NH2+]CC(C)(C)C[NH+](C)C)cc1. The van der Waals surface area contributed by atoms with Crippen molar-refractivity contribution in [3.8, 4) is 0 Å². The van der Waals surface area contributed by atoms with Crippen molar-refractivity contribution in [1.82, 2.24) is 0 Å². The minimum absolute atomic E-state index is 0.0688. The number of rotatable bonds is 9. The molecule has 0 saturated heterocycles. The first kappa shape index (κ1) is 20.7. The lowest BCUT2D eigenvalue weighted by atomic mass is 9.92. The van der Waals surface area contributed by atoms with Crippen LogP contribution in [0.3, 0.4) is 0 Å². The van der Waals surface area contributed by atoms with Crippen molar-refractivity contribution in [3.05, 3.63) is 29.8 Å². The van der Waals surface area contributed by atoms with E-state index in [9.17, 15) is 4.79 Å². The molecule has 4 heteroatoms. The van der Waals surface area contributed by atoms with Crippen LogP contribution in [0.25, 0.3) is 0 Å². The molecular formula is C20H37N3O+2. The van der Waals surface area contributed by atoms with Crippen molar-refractivity contribution in [2.45, 2.75) is 53.0 Å². The van der Waals surface area contributed by atoms with Crippen molar-refractivity contribution >= 4 is 11.6 Å². The van der Waals surface area contributed by atoms with Crippen molar-refractivity contribution in [2.75, 3.05) is 32.5 Å². The Balaban J connectivity index is 2.52. The Labute approximate surface area is 148 Å². The van der Waals surface area contributed by atoms with Crippen molar-refractivity contribution in [1.29, 1.82) is 0 Å². The highest BCUT2D eigenvalue weighted by molar-refractivity contribution is 5.93. The lowest BCUT2D eigenvalue weighted by molar-refractivity contribution is -0.868. The third-order valence-electron chi connectivity index (χ3n) is 4.63. The number of nitrogens with two attached hydrogens (primary N) is 1. The van der Waals surface area contributed by atoms with E-state index in [1.54, 1.807) is 0 Å². The summed E-state index contributed by atoms with van der Waals surface area (Å²) in [4.78, 5) is 13.8. The van der Waals surface area contributed by atoms with Gasteiger partial charge in [0, 0.05) is 5.69 Å². The molecule has 1 aromatic rings. The maximum Gasteiger partial charge on any atom is 0.282 e. The van der Waals surface area contributed by atoms with Gasteiger partial charge in [0.2, 0.25) is 0 Å². The van der Waals surface area contributed by atoms with E-state index in [2.05, 4.69) is 64.6 Å². The van der Waals surface area contributed by atoms with Gasteiger partial charge in [-0.1, -0.05) is 26.0 Å². The van der Waals surface area contributed by atoms with Gasteiger partial charge in [0.05, 0.1) is 32.6 Å². The molecule has 136 valence electrons. The van der Waals surface area contributed by atoms with Gasteiger partial charge in [0.25, 0.3) is 5.91 Å². The third kappa shape index (κ3) is 7.02. The highest BCUT2D eigenvalue weighted by atomic mass is 16.2. The van der Waals surface area contributed by atoms with Gasteiger partial charge in [0.15, 0.2) is 6.04 Å². The molecule has 0 spiro atoms. The summed E-state index contributed by atoms with van der Waals surface area (Å²) in [5, 5.41) is 5.17. The van der Waals surface area contributed by atoms with Crippen molar-refractivity contribution in [2.24, 2.45) is 5.41 Å². The number of hydrogen-bond acceptors (Lipinski definition) is 1. The fourth-order valence-corrected chi connectivity index (χ4v) is 3.02. The van der Waals surface area contributed by atoms with Crippen molar-refractivity contribution < 1.29 is 15.0 Å². The highest BCUT2D eigenvalue weighted by Gasteiger charge is 2.26. The summed E-state index contributed by atoms with van der Waals surface area (Å²) in [6.07, 6.45) is 1.13. The lowest BCUT2D eigenvalue weighted by Gasteiger charge is -2.25. The van der Waals surface area contributed by atoms with Crippen LogP contribution in [0.2, 0.25) is 0 Å². The van der Waals surface area contributed by atoms with Crippen LogP contribution in [0.15, 0.2) is 24.3 Å². The topological polar surface area (TPSA) is 50.1 Å². The first-order valence-electron chi connectivity index (χ1n) is 9.18. The largest absolute Gasteiger partial charge is 0.339 e. The van der Waals surface area contributed by atoms with E-state index in [0.717, 1.165) is 25.2 Å². The standard InChI is InChI=1S/C20H35N3O/c1-8-15(2)17-9-11-18(12-10-17)22-19(24)16(3)21-13-20(4,5)14-23(6)7/h9-12,15-16,21H,8,13-14H2,1-7H3,(H,22,24)/p+2/t15-,16+/m1/s1. The fraction of sp³-hybridized carbons (Fsp3) is 0.650. The van der Waals surface area contributed by atoms with E-state index < -0.39 is 0 Å². The van der Waals surface area contributed by atoms with Gasteiger partial charge >= 0.3 is 0 Å². The fourth-order valence-electron chi connectivity index (χ4n) is 3.02. The predicted molar refractivity (Wildman–Crippen MR) is 101 cm³/mol. The van der Waals surface area contributed by atoms with E-state index in [4.69, 9.17) is 0 Å². The number of amides is 1. The van der Waals surface area contributed by atoms with E-state index >= 15 is 0 Å². The van der Waals surface area contributed by atoms with Crippen LogP contribution < -0.4 is 15.5 Å². The van der Waals surface area contributed by atoms with Gasteiger partial charge in [-0.25, -0.2) is 0 Å². The Bertz CT molecular complexity index is 508. The number of quaternary nitrogens is 2. The molecule has 4 nitrogen and oxygen atoms in total. The molecule has 0 fully saturated rings. The van der Waals surface area contributed by atoms with Crippen LogP contribution in [0.5, 0.6) is 0 Å². The molecule has 0 radical (unpaired) electrons. The average molecular weight is 336 g/mol. The van der Waals surface area contributed by atoms with Crippen LogP contribution >= 0.6 is 0 Å². The maximum absolute atomic E-state index is 12.4. The molecule has 1 aromatic carbocycles. The van der Waals surface area contributed by atoms with Gasteiger partial charge in [0.1, 0.15) is 0 Å². The van der Waals surface area contributed by atoms with Gasteiger partial charge < -0.3 is 15.5 Å². The maximum atomic E-state index is 12.4. The summed E-state index contributed by atoms with van der Waals surface area (Å²) in [5.74, 6) is 0.627. The molecule has 2 atom stereocenters. The molecule has 0 aliphatic heterocycles. The zero-order chi connectivity index (χ0) is 18.3. The second-order valence-corrected chi connectivity index (χ2v) is 8.20. The molecule has 0 saturated carbocycles. The molecular weight excluding hydrogens is 298 g/mol. The highest BCUT2D eigenvalue weighted by Crippen LogP contribution is 2.20. The van der Waals surface area contributed by atoms with E-state index in [1.165, 1.54) is 10.5 Å². The molecule has 0 unspecified atom stereocenters. The van der Waals surface area contributed by atoms with E-state index in [-0.39, 0.29) is 17.4 Å². The Morgan fingerprint density at radius 3 is 2.29 bits per heavy atom. The number of anilines is 1. The molecule has 24 heavy (non-hydrogen) atoms. The van der Waals surface area contributed by atoms with Gasteiger partial charge in [-0.3, -0.25) is 4.79 Å². The first-order chi connectivity index (χ1) is 11.1. The van der Waals surface area contributed by atoms with Gasteiger partial charge in [-0.05, 0) is 50.8 Å². The zero-order valence-electron chi connectivity index (χ0n) is 16.6. The van der Waals surface area contributed by atoms with Crippen molar-refractivity contribution in [3.63, 3.8) is 0 Å². The molecule has 0 aliphatic carbocycles. The molecule has 1 amide bonds. The molecule has 0 aliphatic rings. The van der Waals surface area contributed by atoms with Crippen LogP contribution in [-0.2, 0) is 4.79 Å². The Hall–Kier alpha value is -1.39. The number of carbonyl (C=O) groups is 1. The summed E-state index contributed by atoms with van der Waals surface area (Å²) in [6.45, 7) is 12.9. The normalized spacial score (nSPS) is 14.5. The quantitative estimate of drug-likeness (QED) is 0.625. The number of benzene rings is 1. The summed E-state index contributed by atoms with van der Waals surface area (Å²) in [7, 11) is 4.34. The summed E-state index contributed by atoms with van der Waals surface area (Å²) in [5.41, 5.74) is 2.41. The second kappa shape index (κ2) is 9.19. The molecule has 0 aromatic heterocycles. The Morgan fingerprint density at radius 1 is 1.21 bits per heavy atom. The van der Waals surface area contributed by atoms with Crippen LogP contribution in [0.1, 0.15) is 52.5 Å². The van der Waals surface area contributed by atoms with Crippen LogP contribution in [-0.4, -0.2) is 39.1 Å². The van der Waals surface area contributed by atoms with Gasteiger partial charge in [-0.15, -0.1) is 0 Å². The number of carbonyl (C=O) groups excluding carboxylic acids is 1. The molecule has 1 rings (SSSR count). The number of nitrogens with one attached hydrogen (secondary N) is 2. The van der Waals surface area contributed by atoms with Crippen LogP contribution in [0, 0.1) is 5.41 Å². The predicted octanol–water partition coefficient (Wildman–Crippen LogP) is 1.26. The lowest BCUT2D eigenvalue weighted by Crippen LogP contribution is -3.08. The molecule has 0 heterocycles. The van der Waals surface area contributed by atoms with Gasteiger partial charge in [-0.2, -0.15) is 0 Å².